The van der Waals surface area contributed by atoms with Crippen LogP contribution in [0.25, 0.3) is 0 Å². The summed E-state index contributed by atoms with van der Waals surface area (Å²) < 4.78 is 5.68. The molecular formula is C16H27NO. The molecule has 1 unspecified atom stereocenters. The zero-order valence-electron chi connectivity index (χ0n) is 12.0. The molecule has 0 aliphatic carbocycles. The van der Waals surface area contributed by atoms with Gasteiger partial charge in [0.2, 0.25) is 0 Å². The average Bonchev–Trinajstić information content (AvgIpc) is 2.36. The van der Waals surface area contributed by atoms with Crippen molar-refractivity contribution in [1.29, 1.82) is 0 Å². The van der Waals surface area contributed by atoms with Gasteiger partial charge in [-0.1, -0.05) is 43.7 Å². The number of ether oxygens (including phenoxy) is 1. The zero-order chi connectivity index (χ0) is 13.2. The minimum Gasteiger partial charge on any atom is -0.380 e. The van der Waals surface area contributed by atoms with Crippen LogP contribution in [0, 0.1) is 6.92 Å². The van der Waals surface area contributed by atoms with Crippen LogP contribution in [0.1, 0.15) is 37.8 Å². The van der Waals surface area contributed by atoms with Gasteiger partial charge in [-0.15, -0.1) is 0 Å². The molecule has 0 saturated carbocycles. The van der Waals surface area contributed by atoms with Gasteiger partial charge in [-0.25, -0.2) is 0 Å². The predicted octanol–water partition coefficient (Wildman–Crippen LogP) is 3.33. The molecule has 0 aliphatic rings. The van der Waals surface area contributed by atoms with Gasteiger partial charge in [0.15, 0.2) is 0 Å². The van der Waals surface area contributed by atoms with E-state index in [1.165, 1.54) is 11.1 Å². The van der Waals surface area contributed by atoms with Crippen LogP contribution in [0.3, 0.4) is 0 Å². The third-order valence-corrected chi connectivity index (χ3v) is 2.92. The van der Waals surface area contributed by atoms with E-state index >= 15 is 0 Å². The summed E-state index contributed by atoms with van der Waals surface area (Å²) in [7, 11) is 0. The van der Waals surface area contributed by atoms with Gasteiger partial charge >= 0.3 is 0 Å². The first kappa shape index (κ1) is 15.2. The molecule has 1 aromatic carbocycles. The first-order chi connectivity index (χ1) is 8.76. The van der Waals surface area contributed by atoms with E-state index in [1.807, 2.05) is 0 Å². The van der Waals surface area contributed by atoms with Crippen molar-refractivity contribution < 1.29 is 4.74 Å². The van der Waals surface area contributed by atoms with Crippen LogP contribution in [-0.2, 0) is 11.2 Å². The second-order valence-corrected chi connectivity index (χ2v) is 4.92. The lowest BCUT2D eigenvalue weighted by Crippen LogP contribution is -2.36. The molecule has 0 spiro atoms. The molecule has 0 heterocycles. The van der Waals surface area contributed by atoms with E-state index in [4.69, 9.17) is 4.74 Å². The maximum Gasteiger partial charge on any atom is 0.0622 e. The highest BCUT2D eigenvalue weighted by atomic mass is 16.5. The second-order valence-electron chi connectivity index (χ2n) is 4.92. The number of hydrogen-bond acceptors (Lipinski definition) is 2. The molecule has 0 amide bonds. The summed E-state index contributed by atoms with van der Waals surface area (Å²) >= 11 is 0. The Morgan fingerprint density at radius 2 is 2.06 bits per heavy atom. The Bertz CT molecular complexity index is 325. The highest BCUT2D eigenvalue weighted by molar-refractivity contribution is 5.23. The maximum atomic E-state index is 5.68. The van der Waals surface area contributed by atoms with Crippen molar-refractivity contribution in [3.8, 4) is 0 Å². The molecule has 18 heavy (non-hydrogen) atoms. The van der Waals surface area contributed by atoms with Crippen molar-refractivity contribution in [2.24, 2.45) is 0 Å². The molecule has 1 aromatic rings. The van der Waals surface area contributed by atoms with Gasteiger partial charge in [0.05, 0.1) is 6.61 Å². The Balaban J connectivity index is 2.48. The van der Waals surface area contributed by atoms with Crippen LogP contribution in [0.4, 0.5) is 0 Å². The SMILES string of the molecule is CCCNC(COCCC)Cc1cccc(C)c1. The Morgan fingerprint density at radius 1 is 1.22 bits per heavy atom. The lowest BCUT2D eigenvalue weighted by molar-refractivity contribution is 0.112. The van der Waals surface area contributed by atoms with E-state index < -0.39 is 0 Å². The molecule has 1 N–H and O–H groups in total. The topological polar surface area (TPSA) is 21.3 Å². The molecule has 0 saturated heterocycles. The average molecular weight is 249 g/mol. The van der Waals surface area contributed by atoms with Crippen LogP contribution in [0.15, 0.2) is 24.3 Å². The highest BCUT2D eigenvalue weighted by Crippen LogP contribution is 2.07. The first-order valence-electron chi connectivity index (χ1n) is 7.13. The van der Waals surface area contributed by atoms with E-state index in [0.29, 0.717) is 6.04 Å². The van der Waals surface area contributed by atoms with E-state index in [9.17, 15) is 0 Å². The Morgan fingerprint density at radius 3 is 2.72 bits per heavy atom. The molecule has 102 valence electrons. The third-order valence-electron chi connectivity index (χ3n) is 2.92. The molecule has 0 bridgehead atoms. The first-order valence-corrected chi connectivity index (χ1v) is 7.13. The summed E-state index contributed by atoms with van der Waals surface area (Å²) in [5, 5.41) is 3.57. The van der Waals surface area contributed by atoms with Crippen molar-refractivity contribution in [1.82, 2.24) is 5.32 Å². The van der Waals surface area contributed by atoms with Gasteiger partial charge in [0, 0.05) is 12.6 Å². The minimum atomic E-state index is 0.429. The third kappa shape index (κ3) is 6.18. The van der Waals surface area contributed by atoms with Gasteiger partial charge < -0.3 is 10.1 Å². The van der Waals surface area contributed by atoms with Crippen molar-refractivity contribution in [2.75, 3.05) is 19.8 Å². The van der Waals surface area contributed by atoms with E-state index in [2.05, 4.69) is 50.4 Å². The largest absolute Gasteiger partial charge is 0.380 e. The van der Waals surface area contributed by atoms with Gasteiger partial charge in [-0.3, -0.25) is 0 Å². The standard InChI is InChI=1S/C16H27NO/c1-4-9-17-16(13-18-10-5-2)12-15-8-6-7-14(3)11-15/h6-8,11,16-17H,4-5,9-10,12-13H2,1-3H3. The summed E-state index contributed by atoms with van der Waals surface area (Å²) in [4.78, 5) is 0. The molecular weight excluding hydrogens is 222 g/mol. The molecule has 0 aromatic heterocycles. The quantitative estimate of drug-likeness (QED) is 0.678. The van der Waals surface area contributed by atoms with Crippen LogP contribution >= 0.6 is 0 Å². The summed E-state index contributed by atoms with van der Waals surface area (Å²) in [6, 6.07) is 9.17. The lowest BCUT2D eigenvalue weighted by atomic mass is 10.0. The van der Waals surface area contributed by atoms with Gasteiger partial charge in [0.1, 0.15) is 0 Å². The summed E-state index contributed by atoms with van der Waals surface area (Å²) in [6.07, 6.45) is 3.30. The number of hydrogen-bond donors (Lipinski definition) is 1. The van der Waals surface area contributed by atoms with E-state index in [-0.39, 0.29) is 0 Å². The number of aryl methyl sites for hydroxylation is 1. The molecule has 1 rings (SSSR count). The maximum absolute atomic E-state index is 5.68. The monoisotopic (exact) mass is 249 g/mol. The minimum absolute atomic E-state index is 0.429. The number of nitrogens with one attached hydrogen (secondary N) is 1. The second kappa shape index (κ2) is 9.12. The smallest absolute Gasteiger partial charge is 0.0622 e. The Hall–Kier alpha value is -0.860. The van der Waals surface area contributed by atoms with Gasteiger partial charge in [-0.2, -0.15) is 0 Å². The van der Waals surface area contributed by atoms with Crippen LogP contribution < -0.4 is 5.32 Å². The van der Waals surface area contributed by atoms with E-state index in [1.54, 1.807) is 0 Å². The van der Waals surface area contributed by atoms with Crippen molar-refractivity contribution in [2.45, 2.75) is 46.1 Å². The molecule has 2 nitrogen and oxygen atoms in total. The molecule has 0 fully saturated rings. The number of rotatable bonds is 9. The zero-order valence-corrected chi connectivity index (χ0v) is 12.0. The van der Waals surface area contributed by atoms with Crippen molar-refractivity contribution in [3.63, 3.8) is 0 Å². The molecule has 1 atom stereocenters. The van der Waals surface area contributed by atoms with Crippen molar-refractivity contribution in [3.05, 3.63) is 35.4 Å². The lowest BCUT2D eigenvalue weighted by Gasteiger charge is -2.19. The van der Waals surface area contributed by atoms with Gasteiger partial charge in [-0.05, 0) is 38.3 Å². The van der Waals surface area contributed by atoms with Gasteiger partial charge in [0.25, 0.3) is 0 Å². The predicted molar refractivity (Wildman–Crippen MR) is 78.1 cm³/mol. The number of benzene rings is 1. The fourth-order valence-electron chi connectivity index (χ4n) is 2.03. The van der Waals surface area contributed by atoms with Crippen LogP contribution in [-0.4, -0.2) is 25.8 Å². The Labute approximate surface area is 112 Å². The summed E-state index contributed by atoms with van der Waals surface area (Å²) in [6.45, 7) is 9.22. The molecule has 0 aliphatic heterocycles. The fourth-order valence-corrected chi connectivity index (χ4v) is 2.03. The summed E-state index contributed by atoms with van der Waals surface area (Å²) in [5.74, 6) is 0. The molecule has 2 heteroatoms. The van der Waals surface area contributed by atoms with E-state index in [0.717, 1.165) is 39.0 Å². The van der Waals surface area contributed by atoms with Crippen molar-refractivity contribution >= 4 is 0 Å². The van der Waals surface area contributed by atoms with Crippen LogP contribution in [0.2, 0.25) is 0 Å². The van der Waals surface area contributed by atoms with Crippen LogP contribution in [0.5, 0.6) is 0 Å². The summed E-state index contributed by atoms with van der Waals surface area (Å²) in [5.41, 5.74) is 2.72. The normalized spacial score (nSPS) is 12.6. The fraction of sp³-hybridized carbons (Fsp3) is 0.625. The Kier molecular flexibility index (Phi) is 7.70. The highest BCUT2D eigenvalue weighted by Gasteiger charge is 2.09. The molecule has 0 radical (unpaired) electrons.